The van der Waals surface area contributed by atoms with Gasteiger partial charge in [-0.3, -0.25) is 4.79 Å². The third-order valence-electron chi connectivity index (χ3n) is 4.97. The molecule has 8 heteroatoms. The fourth-order valence-electron chi connectivity index (χ4n) is 3.07. The van der Waals surface area contributed by atoms with Crippen LogP contribution in [0.3, 0.4) is 0 Å². The number of fused-ring (bicyclic) bond motifs is 1. The zero-order valence-electron chi connectivity index (χ0n) is 14.3. The first-order valence-electron chi connectivity index (χ1n) is 7.93. The van der Waals surface area contributed by atoms with Crippen LogP contribution in [0, 0.1) is 5.41 Å². The molecule has 1 aromatic rings. The summed E-state index contributed by atoms with van der Waals surface area (Å²) in [6, 6.07) is 4.95. The number of sulfonamides is 1. The van der Waals surface area contributed by atoms with E-state index in [-0.39, 0.29) is 23.2 Å². The van der Waals surface area contributed by atoms with Crippen LogP contribution in [0.4, 0.5) is 5.69 Å². The number of halogens is 1. The summed E-state index contributed by atoms with van der Waals surface area (Å²) in [6.45, 7) is 4.79. The Kier molecular flexibility index (Phi) is 6.81. The maximum Gasteiger partial charge on any atom is 0.240 e. The van der Waals surface area contributed by atoms with Gasteiger partial charge in [-0.1, -0.05) is 19.9 Å². The zero-order valence-corrected chi connectivity index (χ0v) is 16.0. The lowest BCUT2D eigenvalue weighted by molar-refractivity contribution is -0.128. The third kappa shape index (κ3) is 3.44. The van der Waals surface area contributed by atoms with Crippen molar-refractivity contribution in [3.8, 4) is 0 Å². The van der Waals surface area contributed by atoms with E-state index < -0.39 is 15.4 Å². The van der Waals surface area contributed by atoms with Crippen molar-refractivity contribution < 1.29 is 13.2 Å². The van der Waals surface area contributed by atoms with Crippen molar-refractivity contribution in [2.45, 2.75) is 38.0 Å². The van der Waals surface area contributed by atoms with E-state index in [1.807, 2.05) is 13.8 Å². The normalized spacial score (nSPS) is 14.2. The molecule has 6 nitrogen and oxygen atoms in total. The highest BCUT2D eigenvalue weighted by Gasteiger charge is 2.39. The smallest absolute Gasteiger partial charge is 0.240 e. The number of rotatable bonds is 6. The van der Waals surface area contributed by atoms with Crippen LogP contribution in [-0.4, -0.2) is 34.5 Å². The van der Waals surface area contributed by atoms with Gasteiger partial charge < -0.3 is 10.6 Å². The van der Waals surface area contributed by atoms with E-state index in [9.17, 15) is 13.2 Å². The first kappa shape index (κ1) is 20.9. The van der Waals surface area contributed by atoms with Crippen LogP contribution in [0.25, 0.3) is 0 Å². The molecule has 0 aromatic heterocycles. The molecule has 0 atom stereocenters. The lowest BCUT2D eigenvalue weighted by atomic mass is 9.81. The molecule has 1 aliphatic rings. The van der Waals surface area contributed by atoms with Crippen molar-refractivity contribution in [1.29, 1.82) is 0 Å². The molecule has 3 N–H and O–H groups in total. The van der Waals surface area contributed by atoms with E-state index in [0.29, 0.717) is 31.6 Å². The number of nitrogens with two attached hydrogens (primary N) is 1. The Balaban J connectivity index is 0.00000288. The van der Waals surface area contributed by atoms with Gasteiger partial charge in [-0.15, -0.1) is 12.4 Å². The molecule has 0 unspecified atom stereocenters. The molecule has 2 rings (SSSR count). The lowest BCUT2D eigenvalue weighted by Crippen LogP contribution is -2.47. The molecule has 1 amide bonds. The summed E-state index contributed by atoms with van der Waals surface area (Å²) in [5.41, 5.74) is 6.98. The Morgan fingerprint density at radius 1 is 1.33 bits per heavy atom. The minimum absolute atomic E-state index is 0. The van der Waals surface area contributed by atoms with Crippen molar-refractivity contribution in [2.75, 3.05) is 25.0 Å². The van der Waals surface area contributed by atoms with Crippen LogP contribution in [0.2, 0.25) is 0 Å². The molecule has 1 aliphatic heterocycles. The third-order valence-corrected chi connectivity index (χ3v) is 6.39. The standard InChI is InChI=1S/C16H25N3O3S.ClH/c1-4-16(5-2,11-17)15(20)19-9-8-12-6-7-13(10-14(12)19)23(21,22)18-3;/h6-7,10,18H,4-5,8-9,11,17H2,1-3H3;1H. The van der Waals surface area contributed by atoms with Gasteiger partial charge in [-0.25, -0.2) is 13.1 Å². The SMILES string of the molecule is CCC(CC)(CN)C(=O)N1CCc2ccc(S(=O)(=O)NC)cc21.Cl. The van der Waals surface area contributed by atoms with E-state index in [0.717, 1.165) is 12.0 Å². The Bertz CT molecular complexity index is 694. The molecule has 0 saturated heterocycles. The molecule has 0 saturated carbocycles. The van der Waals surface area contributed by atoms with Gasteiger partial charge in [0, 0.05) is 18.8 Å². The fourth-order valence-corrected chi connectivity index (χ4v) is 3.82. The average molecular weight is 376 g/mol. The molecule has 0 bridgehead atoms. The Hall–Kier alpha value is -1.15. The van der Waals surface area contributed by atoms with Crippen LogP contribution < -0.4 is 15.4 Å². The van der Waals surface area contributed by atoms with Crippen LogP contribution >= 0.6 is 12.4 Å². The number of amides is 1. The summed E-state index contributed by atoms with van der Waals surface area (Å²) in [5, 5.41) is 0. The van der Waals surface area contributed by atoms with Gasteiger partial charge in [0.15, 0.2) is 0 Å². The summed E-state index contributed by atoms with van der Waals surface area (Å²) in [6.07, 6.45) is 2.06. The molecule has 0 radical (unpaired) electrons. The van der Waals surface area contributed by atoms with Crippen LogP contribution in [0.15, 0.2) is 23.1 Å². The minimum atomic E-state index is -3.53. The van der Waals surface area contributed by atoms with Crippen molar-refractivity contribution in [3.63, 3.8) is 0 Å². The molecule has 24 heavy (non-hydrogen) atoms. The first-order valence-corrected chi connectivity index (χ1v) is 9.42. The van der Waals surface area contributed by atoms with Crippen molar-refractivity contribution in [2.24, 2.45) is 11.1 Å². The lowest BCUT2D eigenvalue weighted by Gasteiger charge is -2.33. The first-order chi connectivity index (χ1) is 10.8. The predicted molar refractivity (Wildman–Crippen MR) is 98.1 cm³/mol. The van der Waals surface area contributed by atoms with Crippen molar-refractivity contribution in [1.82, 2.24) is 4.72 Å². The van der Waals surface area contributed by atoms with Gasteiger partial charge in [-0.05, 0) is 44.0 Å². The van der Waals surface area contributed by atoms with E-state index in [1.165, 1.54) is 7.05 Å². The van der Waals surface area contributed by atoms with E-state index in [2.05, 4.69) is 4.72 Å². The van der Waals surface area contributed by atoms with E-state index in [4.69, 9.17) is 5.73 Å². The number of nitrogens with one attached hydrogen (secondary N) is 1. The highest BCUT2D eigenvalue weighted by molar-refractivity contribution is 7.89. The number of hydrogen-bond acceptors (Lipinski definition) is 4. The molecule has 1 aromatic carbocycles. The van der Waals surface area contributed by atoms with Gasteiger partial charge in [0.25, 0.3) is 0 Å². The summed E-state index contributed by atoms with van der Waals surface area (Å²) < 4.78 is 26.3. The number of carbonyl (C=O) groups is 1. The number of carbonyl (C=O) groups excluding carboxylic acids is 1. The van der Waals surface area contributed by atoms with E-state index >= 15 is 0 Å². The Morgan fingerprint density at radius 3 is 2.46 bits per heavy atom. The van der Waals surface area contributed by atoms with Gasteiger partial charge in [0.1, 0.15) is 0 Å². The number of hydrogen-bond donors (Lipinski definition) is 2. The largest absolute Gasteiger partial charge is 0.329 e. The summed E-state index contributed by atoms with van der Waals surface area (Å²) in [5.74, 6) is -0.0113. The number of benzene rings is 1. The Labute approximate surface area is 150 Å². The summed E-state index contributed by atoms with van der Waals surface area (Å²) in [4.78, 5) is 14.9. The zero-order chi connectivity index (χ0) is 17.3. The fraction of sp³-hybridized carbons (Fsp3) is 0.562. The molecule has 0 aliphatic carbocycles. The van der Waals surface area contributed by atoms with Crippen LogP contribution in [0.1, 0.15) is 32.3 Å². The second-order valence-electron chi connectivity index (χ2n) is 5.90. The highest BCUT2D eigenvalue weighted by atomic mass is 35.5. The maximum atomic E-state index is 13.0. The highest BCUT2D eigenvalue weighted by Crippen LogP contribution is 2.36. The summed E-state index contributed by atoms with van der Waals surface area (Å²) >= 11 is 0. The van der Waals surface area contributed by atoms with Crippen LogP contribution in [-0.2, 0) is 21.2 Å². The monoisotopic (exact) mass is 375 g/mol. The molecular formula is C16H26ClN3O3S. The average Bonchev–Trinajstić information content (AvgIpc) is 2.99. The van der Waals surface area contributed by atoms with Gasteiger partial charge in [0.2, 0.25) is 15.9 Å². The number of anilines is 1. The second-order valence-corrected chi connectivity index (χ2v) is 7.78. The molecule has 136 valence electrons. The summed E-state index contributed by atoms with van der Waals surface area (Å²) in [7, 11) is -2.16. The number of nitrogens with zero attached hydrogens (tertiary/aromatic N) is 1. The molecule has 0 fully saturated rings. The van der Waals surface area contributed by atoms with Crippen molar-refractivity contribution in [3.05, 3.63) is 23.8 Å². The van der Waals surface area contributed by atoms with Gasteiger partial charge >= 0.3 is 0 Å². The second kappa shape index (κ2) is 7.82. The van der Waals surface area contributed by atoms with Gasteiger partial charge in [-0.2, -0.15) is 0 Å². The maximum absolute atomic E-state index is 13.0. The van der Waals surface area contributed by atoms with Crippen LogP contribution in [0.5, 0.6) is 0 Å². The van der Waals surface area contributed by atoms with Gasteiger partial charge in [0.05, 0.1) is 10.3 Å². The topological polar surface area (TPSA) is 92.5 Å². The molecule has 1 heterocycles. The molecule has 0 spiro atoms. The molecular weight excluding hydrogens is 350 g/mol. The quantitative estimate of drug-likeness (QED) is 0.791. The predicted octanol–water partition coefficient (Wildman–Crippen LogP) is 1.67. The Morgan fingerprint density at radius 2 is 1.96 bits per heavy atom. The van der Waals surface area contributed by atoms with Crippen molar-refractivity contribution >= 4 is 34.0 Å². The minimum Gasteiger partial charge on any atom is -0.329 e. The van der Waals surface area contributed by atoms with E-state index in [1.54, 1.807) is 23.1 Å².